The third-order valence-electron chi connectivity index (χ3n) is 3.29. The topological polar surface area (TPSA) is 58.6 Å². The van der Waals surface area contributed by atoms with Gasteiger partial charge in [-0.25, -0.2) is 0 Å². The zero-order valence-corrected chi connectivity index (χ0v) is 13.2. The van der Waals surface area contributed by atoms with Crippen molar-refractivity contribution in [1.29, 1.82) is 0 Å². The molecule has 0 atom stereocenters. The van der Waals surface area contributed by atoms with E-state index in [1.165, 1.54) is 11.8 Å². The van der Waals surface area contributed by atoms with Crippen LogP contribution in [0.15, 0.2) is 23.1 Å². The maximum Gasteiger partial charge on any atom is 0.251 e. The first-order valence-corrected chi connectivity index (χ1v) is 8.00. The minimum Gasteiger partial charge on any atom is -0.385 e. The summed E-state index contributed by atoms with van der Waals surface area (Å²) in [5, 5.41) is 2.86. The van der Waals surface area contributed by atoms with Gasteiger partial charge in [-0.3, -0.25) is 9.59 Å². The fraction of sp³-hybridized carbons (Fsp3) is 0.467. The minimum absolute atomic E-state index is 0.0904. The van der Waals surface area contributed by atoms with Crippen LogP contribution in [0.2, 0.25) is 0 Å². The minimum atomic E-state index is -0.118. The highest BCUT2D eigenvalue weighted by Gasteiger charge is 2.24. The van der Waals surface area contributed by atoms with Crippen molar-refractivity contribution in [3.63, 3.8) is 0 Å². The summed E-state index contributed by atoms with van der Waals surface area (Å²) >= 11 is 1.52. The third-order valence-corrected chi connectivity index (χ3v) is 4.34. The van der Waals surface area contributed by atoms with Crippen LogP contribution in [0.1, 0.15) is 23.7 Å². The molecule has 1 aromatic carbocycles. The number of nitrogens with zero attached hydrogens (tertiary/aromatic N) is 1. The summed E-state index contributed by atoms with van der Waals surface area (Å²) in [6.07, 6.45) is 0.780. The van der Waals surface area contributed by atoms with Gasteiger partial charge in [0.25, 0.3) is 5.91 Å². The number of ether oxygens (including phenoxy) is 1. The van der Waals surface area contributed by atoms with Crippen molar-refractivity contribution in [3.8, 4) is 0 Å². The van der Waals surface area contributed by atoms with Crippen molar-refractivity contribution < 1.29 is 14.3 Å². The monoisotopic (exact) mass is 308 g/mol. The molecule has 0 aromatic heterocycles. The summed E-state index contributed by atoms with van der Waals surface area (Å²) in [6, 6.07) is 5.52. The summed E-state index contributed by atoms with van der Waals surface area (Å²) in [5.41, 5.74) is 1.42. The van der Waals surface area contributed by atoms with E-state index in [0.29, 0.717) is 31.0 Å². The van der Waals surface area contributed by atoms with Crippen LogP contribution in [0.4, 0.5) is 5.69 Å². The number of anilines is 1. The number of methoxy groups -OCH3 is 1. The normalized spacial score (nSPS) is 14.0. The molecule has 1 aromatic rings. The predicted octanol–water partition coefficient (Wildman–Crippen LogP) is 1.91. The van der Waals surface area contributed by atoms with Crippen molar-refractivity contribution in [3.05, 3.63) is 23.8 Å². The van der Waals surface area contributed by atoms with Gasteiger partial charge in [0.15, 0.2) is 0 Å². The van der Waals surface area contributed by atoms with E-state index in [0.717, 1.165) is 17.0 Å². The van der Waals surface area contributed by atoms with Gasteiger partial charge in [-0.15, -0.1) is 11.8 Å². The van der Waals surface area contributed by atoms with Crippen molar-refractivity contribution in [2.75, 3.05) is 37.5 Å². The first kappa shape index (κ1) is 15.9. The number of carbonyl (C=O) groups is 2. The Morgan fingerprint density at radius 1 is 1.48 bits per heavy atom. The number of amides is 2. The Hall–Kier alpha value is -1.53. The molecule has 0 unspecified atom stereocenters. The Kier molecular flexibility index (Phi) is 5.64. The summed E-state index contributed by atoms with van der Waals surface area (Å²) in [5.74, 6) is 0.435. The number of thioether (sulfide) groups is 1. The maximum absolute atomic E-state index is 12.1. The van der Waals surface area contributed by atoms with Gasteiger partial charge < -0.3 is 15.0 Å². The molecule has 6 heteroatoms. The lowest BCUT2D eigenvalue weighted by Crippen LogP contribution is -2.35. The summed E-state index contributed by atoms with van der Waals surface area (Å²) in [6.45, 7) is 3.76. The van der Waals surface area contributed by atoms with Gasteiger partial charge in [-0.1, -0.05) is 0 Å². The fourth-order valence-corrected chi connectivity index (χ4v) is 3.13. The first-order chi connectivity index (χ1) is 10.2. The Labute approximate surface area is 129 Å². The lowest BCUT2D eigenvalue weighted by Gasteiger charge is -2.28. The molecule has 0 aliphatic carbocycles. The van der Waals surface area contributed by atoms with Gasteiger partial charge in [-0.05, 0) is 31.5 Å². The molecule has 1 N–H and O–H groups in total. The van der Waals surface area contributed by atoms with Crippen LogP contribution in [0.5, 0.6) is 0 Å². The third kappa shape index (κ3) is 3.77. The second-order valence-electron chi connectivity index (χ2n) is 4.71. The Bertz CT molecular complexity index is 534. The van der Waals surface area contributed by atoms with Gasteiger partial charge in [0, 0.05) is 37.3 Å². The standard InChI is InChI=1S/C15H20N2O3S/c1-3-17-12-9-11(15(19)16-7-4-8-20-2)5-6-13(12)21-10-14(17)18/h5-6,9H,3-4,7-8,10H2,1-2H3,(H,16,19). The second-order valence-corrected chi connectivity index (χ2v) is 5.73. The Morgan fingerprint density at radius 2 is 2.29 bits per heavy atom. The molecule has 5 nitrogen and oxygen atoms in total. The maximum atomic E-state index is 12.1. The van der Waals surface area contributed by atoms with E-state index in [1.807, 2.05) is 13.0 Å². The number of rotatable bonds is 6. The lowest BCUT2D eigenvalue weighted by atomic mass is 10.1. The molecule has 0 saturated carbocycles. The van der Waals surface area contributed by atoms with E-state index in [1.54, 1.807) is 24.1 Å². The predicted molar refractivity (Wildman–Crippen MR) is 84.0 cm³/mol. The highest BCUT2D eigenvalue weighted by atomic mass is 32.2. The second kappa shape index (κ2) is 7.47. The largest absolute Gasteiger partial charge is 0.385 e. The molecule has 1 aliphatic rings. The van der Waals surface area contributed by atoms with Gasteiger partial charge >= 0.3 is 0 Å². The highest BCUT2D eigenvalue weighted by Crippen LogP contribution is 2.35. The Morgan fingerprint density at radius 3 is 3.00 bits per heavy atom. The van der Waals surface area contributed by atoms with Crippen LogP contribution in [-0.2, 0) is 9.53 Å². The number of carbonyl (C=O) groups excluding carboxylic acids is 2. The van der Waals surface area contributed by atoms with E-state index in [2.05, 4.69) is 5.32 Å². The molecular weight excluding hydrogens is 288 g/mol. The molecule has 2 amide bonds. The molecule has 2 rings (SSSR count). The number of hydrogen-bond donors (Lipinski definition) is 1. The van der Waals surface area contributed by atoms with E-state index >= 15 is 0 Å². The van der Waals surface area contributed by atoms with Crippen molar-refractivity contribution in [1.82, 2.24) is 5.32 Å². The quantitative estimate of drug-likeness (QED) is 0.816. The van der Waals surface area contributed by atoms with Crippen LogP contribution >= 0.6 is 11.8 Å². The molecular formula is C15H20N2O3S. The van der Waals surface area contributed by atoms with E-state index in [4.69, 9.17) is 4.74 Å². The summed E-state index contributed by atoms with van der Waals surface area (Å²) in [7, 11) is 1.64. The number of nitrogens with one attached hydrogen (secondary N) is 1. The van der Waals surface area contributed by atoms with Crippen molar-refractivity contribution in [2.45, 2.75) is 18.2 Å². The van der Waals surface area contributed by atoms with Crippen LogP contribution in [0.25, 0.3) is 0 Å². The van der Waals surface area contributed by atoms with E-state index < -0.39 is 0 Å². The molecule has 0 saturated heterocycles. The molecule has 1 heterocycles. The summed E-state index contributed by atoms with van der Waals surface area (Å²) in [4.78, 5) is 26.8. The average Bonchev–Trinajstić information content (AvgIpc) is 2.50. The molecule has 0 spiro atoms. The molecule has 0 bridgehead atoms. The van der Waals surface area contributed by atoms with Crippen LogP contribution in [0, 0.1) is 0 Å². The number of fused-ring (bicyclic) bond motifs is 1. The SMILES string of the molecule is CCN1C(=O)CSc2ccc(C(=O)NCCCOC)cc21. The van der Waals surface area contributed by atoms with Gasteiger partial charge in [-0.2, -0.15) is 0 Å². The summed E-state index contributed by atoms with van der Waals surface area (Å²) < 4.78 is 4.95. The van der Waals surface area contributed by atoms with Gasteiger partial charge in [0.2, 0.25) is 5.91 Å². The zero-order valence-electron chi connectivity index (χ0n) is 12.3. The van der Waals surface area contributed by atoms with Crippen molar-refractivity contribution >= 4 is 29.3 Å². The van der Waals surface area contributed by atoms with E-state index in [-0.39, 0.29) is 11.8 Å². The van der Waals surface area contributed by atoms with E-state index in [9.17, 15) is 9.59 Å². The molecule has 21 heavy (non-hydrogen) atoms. The number of benzene rings is 1. The molecule has 0 radical (unpaired) electrons. The average molecular weight is 308 g/mol. The zero-order chi connectivity index (χ0) is 15.2. The lowest BCUT2D eigenvalue weighted by molar-refractivity contribution is -0.116. The van der Waals surface area contributed by atoms with Crippen LogP contribution in [-0.4, -0.2) is 44.4 Å². The molecule has 114 valence electrons. The van der Waals surface area contributed by atoms with Crippen LogP contribution in [0.3, 0.4) is 0 Å². The smallest absolute Gasteiger partial charge is 0.251 e. The highest BCUT2D eigenvalue weighted by molar-refractivity contribution is 8.00. The Balaban J connectivity index is 2.10. The van der Waals surface area contributed by atoms with Gasteiger partial charge in [0.1, 0.15) is 0 Å². The first-order valence-electron chi connectivity index (χ1n) is 7.01. The van der Waals surface area contributed by atoms with Gasteiger partial charge in [0.05, 0.1) is 11.4 Å². The molecule has 1 aliphatic heterocycles. The van der Waals surface area contributed by atoms with Crippen LogP contribution < -0.4 is 10.2 Å². The fourth-order valence-electron chi connectivity index (χ4n) is 2.21. The van der Waals surface area contributed by atoms with Crippen molar-refractivity contribution in [2.24, 2.45) is 0 Å². The number of hydrogen-bond acceptors (Lipinski definition) is 4. The molecule has 0 fully saturated rings.